The Morgan fingerprint density at radius 2 is 1.63 bits per heavy atom. The van der Waals surface area contributed by atoms with E-state index in [2.05, 4.69) is 0 Å². The summed E-state index contributed by atoms with van der Waals surface area (Å²) in [6.45, 7) is 0.221. The zero-order valence-electron chi connectivity index (χ0n) is 19.3. The fourth-order valence-corrected chi connectivity index (χ4v) is 5.38. The molecule has 3 heterocycles. The van der Waals surface area contributed by atoms with Gasteiger partial charge in [-0.3, -0.25) is 14.4 Å². The molecular weight excluding hydrogens is 444 g/mol. The van der Waals surface area contributed by atoms with E-state index in [1.165, 1.54) is 9.80 Å². The van der Waals surface area contributed by atoms with Gasteiger partial charge in [-0.25, -0.2) is 0 Å². The average molecular weight is 466 g/mol. The Labute approximate surface area is 201 Å². The summed E-state index contributed by atoms with van der Waals surface area (Å²) in [5.74, 6) is -0.141. The van der Waals surface area contributed by atoms with E-state index in [1.807, 2.05) is 48.5 Å². The van der Waals surface area contributed by atoms with Gasteiger partial charge < -0.3 is 19.0 Å². The number of carbonyl (C=O) groups is 2. The molecule has 3 aromatic carbocycles. The van der Waals surface area contributed by atoms with Crippen LogP contribution in [0.25, 0.3) is 11.0 Å². The second-order valence-electron chi connectivity index (χ2n) is 8.78. The zero-order valence-corrected chi connectivity index (χ0v) is 19.3. The number of rotatable bonds is 4. The van der Waals surface area contributed by atoms with E-state index in [1.54, 1.807) is 38.4 Å². The lowest BCUT2D eigenvalue weighted by Gasteiger charge is -2.34. The first kappa shape index (κ1) is 21.2. The molecule has 0 unspecified atom stereocenters. The number of methoxy groups -OCH3 is 1. The summed E-state index contributed by atoms with van der Waals surface area (Å²) >= 11 is 0. The van der Waals surface area contributed by atoms with Crippen molar-refractivity contribution in [2.45, 2.75) is 12.0 Å². The predicted molar refractivity (Wildman–Crippen MR) is 131 cm³/mol. The summed E-state index contributed by atoms with van der Waals surface area (Å²) < 4.78 is 11.3. The molecule has 0 N–H and O–H groups in total. The molecule has 7 nitrogen and oxygen atoms in total. The van der Waals surface area contributed by atoms with Crippen LogP contribution >= 0.6 is 0 Å². The number of hydrogen-bond donors (Lipinski definition) is 0. The van der Waals surface area contributed by atoms with Crippen molar-refractivity contribution in [2.75, 3.05) is 25.6 Å². The molecule has 0 fully saturated rings. The van der Waals surface area contributed by atoms with Gasteiger partial charge in [-0.1, -0.05) is 42.5 Å². The van der Waals surface area contributed by atoms with Crippen molar-refractivity contribution in [2.24, 2.45) is 0 Å². The van der Waals surface area contributed by atoms with Crippen molar-refractivity contribution in [1.29, 1.82) is 0 Å². The molecule has 1 spiro atoms. The Kier molecular flexibility index (Phi) is 4.57. The second kappa shape index (κ2) is 7.56. The summed E-state index contributed by atoms with van der Waals surface area (Å²) in [5, 5.41) is 0.343. The van der Waals surface area contributed by atoms with Crippen molar-refractivity contribution in [3.63, 3.8) is 0 Å². The van der Waals surface area contributed by atoms with Crippen LogP contribution in [0.15, 0.2) is 82.0 Å². The Balaban J connectivity index is 1.57. The quantitative estimate of drug-likeness (QED) is 0.458. The third-order valence-electron chi connectivity index (χ3n) is 7.06. The highest BCUT2D eigenvalue weighted by molar-refractivity contribution is 6.16. The summed E-state index contributed by atoms with van der Waals surface area (Å²) in [4.78, 5) is 44.7. The molecule has 4 aromatic rings. The van der Waals surface area contributed by atoms with Gasteiger partial charge in [0, 0.05) is 24.8 Å². The molecule has 0 aliphatic carbocycles. The number of fused-ring (bicyclic) bond motifs is 5. The first-order chi connectivity index (χ1) is 17.0. The fraction of sp³-hybridized carbons (Fsp3) is 0.179. The van der Waals surface area contributed by atoms with Crippen LogP contribution in [0.3, 0.4) is 0 Å². The van der Waals surface area contributed by atoms with Crippen molar-refractivity contribution in [1.82, 2.24) is 4.90 Å². The van der Waals surface area contributed by atoms with E-state index in [0.29, 0.717) is 28.6 Å². The molecule has 0 saturated heterocycles. The molecule has 1 aromatic heterocycles. The number of carbonyl (C=O) groups excluding carboxylic acids is 2. The Morgan fingerprint density at radius 1 is 0.914 bits per heavy atom. The van der Waals surface area contributed by atoms with Gasteiger partial charge in [0.05, 0.1) is 18.1 Å². The number of para-hydroxylation sites is 2. The summed E-state index contributed by atoms with van der Waals surface area (Å²) in [6, 6.07) is 21.7. The number of hydrogen-bond acceptors (Lipinski definition) is 5. The van der Waals surface area contributed by atoms with E-state index in [4.69, 9.17) is 9.15 Å². The van der Waals surface area contributed by atoms with Gasteiger partial charge in [-0.2, -0.15) is 0 Å². The van der Waals surface area contributed by atoms with E-state index in [9.17, 15) is 14.4 Å². The van der Waals surface area contributed by atoms with Crippen LogP contribution in [0, 0.1) is 0 Å². The molecule has 1 atom stereocenters. The first-order valence-electron chi connectivity index (χ1n) is 11.4. The van der Waals surface area contributed by atoms with Crippen LogP contribution in [-0.2, 0) is 16.8 Å². The minimum Gasteiger partial charge on any atom is -0.497 e. The van der Waals surface area contributed by atoms with Gasteiger partial charge in [0.15, 0.2) is 11.0 Å². The molecule has 0 radical (unpaired) electrons. The highest BCUT2D eigenvalue weighted by atomic mass is 16.5. The molecule has 2 aliphatic heterocycles. The molecule has 0 saturated carbocycles. The molecule has 2 amide bonds. The molecule has 2 aliphatic rings. The minimum absolute atomic E-state index is 0.0677. The Hall–Kier alpha value is -4.39. The van der Waals surface area contributed by atoms with E-state index < -0.39 is 11.4 Å². The van der Waals surface area contributed by atoms with Crippen molar-refractivity contribution >= 4 is 28.5 Å². The lowest BCUT2D eigenvalue weighted by Crippen LogP contribution is -2.53. The van der Waals surface area contributed by atoms with E-state index in [0.717, 1.165) is 11.3 Å². The summed E-state index contributed by atoms with van der Waals surface area (Å²) in [7, 11) is 3.27. The number of likely N-dealkylation sites (N-methyl/N-ethyl adjacent to an activating group) is 1. The molecule has 174 valence electrons. The molecule has 35 heavy (non-hydrogen) atoms. The summed E-state index contributed by atoms with van der Waals surface area (Å²) in [6.07, 6.45) is 0.484. The summed E-state index contributed by atoms with van der Waals surface area (Å²) in [5.41, 5.74) is 0.731. The maximum atomic E-state index is 14.0. The van der Waals surface area contributed by atoms with Crippen LogP contribution in [0.1, 0.15) is 27.2 Å². The Morgan fingerprint density at radius 3 is 2.40 bits per heavy atom. The molecule has 6 rings (SSSR count). The van der Waals surface area contributed by atoms with Crippen LogP contribution in [-0.4, -0.2) is 37.4 Å². The van der Waals surface area contributed by atoms with Gasteiger partial charge in [-0.15, -0.1) is 0 Å². The maximum Gasteiger partial charge on any atom is 0.291 e. The van der Waals surface area contributed by atoms with Gasteiger partial charge in [-0.05, 0) is 42.3 Å². The normalized spacial score (nSPS) is 18.5. The molecule has 7 heteroatoms. The SMILES string of the molecule is COc1ccc(CCN2C(=O)c3oc4ccccc4c(=O)c3[C@@]23C(=O)N(C)c2ccccc23)cc1. The van der Waals surface area contributed by atoms with E-state index >= 15 is 0 Å². The molecule has 0 bridgehead atoms. The fourth-order valence-electron chi connectivity index (χ4n) is 5.38. The van der Waals surface area contributed by atoms with Gasteiger partial charge in [0.25, 0.3) is 11.8 Å². The largest absolute Gasteiger partial charge is 0.497 e. The highest BCUT2D eigenvalue weighted by Gasteiger charge is 2.64. The second-order valence-corrected chi connectivity index (χ2v) is 8.78. The Bertz CT molecular complexity index is 1570. The zero-order chi connectivity index (χ0) is 24.3. The first-order valence-corrected chi connectivity index (χ1v) is 11.4. The minimum atomic E-state index is -1.57. The van der Waals surface area contributed by atoms with Gasteiger partial charge in [0.2, 0.25) is 5.76 Å². The van der Waals surface area contributed by atoms with Crippen molar-refractivity contribution in [3.05, 3.63) is 105 Å². The number of amides is 2. The van der Waals surface area contributed by atoms with E-state index in [-0.39, 0.29) is 29.2 Å². The third kappa shape index (κ3) is 2.75. The lowest BCUT2D eigenvalue weighted by molar-refractivity contribution is -0.125. The third-order valence-corrected chi connectivity index (χ3v) is 7.06. The van der Waals surface area contributed by atoms with Crippen LogP contribution in [0.5, 0.6) is 5.75 Å². The standard InChI is InChI=1S/C28H22N2O5/c1-29-21-9-5-4-8-20(21)28(27(29)33)23-24(31)19-7-3-6-10-22(19)35-25(23)26(32)30(28)16-15-17-11-13-18(34-2)14-12-17/h3-14H,15-16H2,1-2H3/t28-/m0/s1. The number of nitrogens with zero attached hydrogens (tertiary/aromatic N) is 2. The lowest BCUT2D eigenvalue weighted by atomic mass is 9.84. The van der Waals surface area contributed by atoms with Crippen molar-refractivity contribution < 1.29 is 18.7 Å². The van der Waals surface area contributed by atoms with Crippen LogP contribution < -0.4 is 15.1 Å². The average Bonchev–Trinajstić information content (AvgIpc) is 3.27. The van der Waals surface area contributed by atoms with Gasteiger partial charge in [0.1, 0.15) is 11.3 Å². The number of ether oxygens (including phenoxy) is 1. The van der Waals surface area contributed by atoms with Crippen LogP contribution in [0.2, 0.25) is 0 Å². The molecular formula is C28H22N2O5. The predicted octanol–water partition coefficient (Wildman–Crippen LogP) is 3.72. The van der Waals surface area contributed by atoms with Crippen molar-refractivity contribution in [3.8, 4) is 5.75 Å². The van der Waals surface area contributed by atoms with Gasteiger partial charge >= 0.3 is 0 Å². The van der Waals surface area contributed by atoms with Crippen LogP contribution in [0.4, 0.5) is 5.69 Å². The highest BCUT2D eigenvalue weighted by Crippen LogP contribution is 2.52. The monoisotopic (exact) mass is 466 g/mol. The maximum absolute atomic E-state index is 14.0. The number of benzene rings is 3. The smallest absolute Gasteiger partial charge is 0.291 e. The number of anilines is 1. The topological polar surface area (TPSA) is 80.1 Å².